The third-order valence-corrected chi connectivity index (χ3v) is 4.90. The number of aliphatic carboxylic acids is 1. The highest BCUT2D eigenvalue weighted by Gasteiger charge is 2.26. The van der Waals surface area contributed by atoms with Crippen LogP contribution in [0.4, 0.5) is 10.5 Å². The van der Waals surface area contributed by atoms with Crippen LogP contribution in [0.2, 0.25) is 0 Å². The van der Waals surface area contributed by atoms with Gasteiger partial charge in [-0.1, -0.05) is 0 Å². The zero-order chi connectivity index (χ0) is 20.3. The smallest absolute Gasteiger partial charge is 0.319 e. The number of primary amides is 1. The summed E-state index contributed by atoms with van der Waals surface area (Å²) in [5, 5.41) is 18.9. The average Bonchev–Trinajstić information content (AvgIpc) is 3.08. The number of aryl methyl sites for hydroxylation is 1. The lowest BCUT2D eigenvalue weighted by atomic mass is 9.86. The maximum Gasteiger partial charge on any atom is 0.319 e. The van der Waals surface area contributed by atoms with Crippen LogP contribution >= 0.6 is 0 Å². The Hall–Kier alpha value is -3.36. The number of carboxylic acids is 1. The number of hydrogen-bond donors (Lipinski definition) is 4. The van der Waals surface area contributed by atoms with E-state index in [1.807, 2.05) is 6.92 Å². The van der Waals surface area contributed by atoms with E-state index in [0.717, 1.165) is 5.56 Å². The summed E-state index contributed by atoms with van der Waals surface area (Å²) < 4.78 is 1.60. The van der Waals surface area contributed by atoms with Crippen LogP contribution in [0.25, 0.3) is 5.69 Å². The number of nitrogens with one attached hydrogen (secondary N) is 2. The molecule has 0 unspecified atom stereocenters. The number of nitrogens with zero attached hydrogens (tertiary/aromatic N) is 2. The van der Waals surface area contributed by atoms with E-state index >= 15 is 0 Å². The summed E-state index contributed by atoms with van der Waals surface area (Å²) in [6, 6.07) is 4.23. The van der Waals surface area contributed by atoms with Gasteiger partial charge >= 0.3 is 12.0 Å². The molecule has 28 heavy (non-hydrogen) atoms. The van der Waals surface area contributed by atoms with Gasteiger partial charge in [-0.25, -0.2) is 9.48 Å². The molecular weight excluding hydrogens is 362 g/mol. The van der Waals surface area contributed by atoms with Crippen LogP contribution in [0.5, 0.6) is 0 Å². The number of carbonyl (C=O) groups excluding carboxylic acids is 2. The second-order valence-electron chi connectivity index (χ2n) is 7.04. The van der Waals surface area contributed by atoms with Crippen molar-refractivity contribution in [2.24, 2.45) is 11.7 Å². The normalized spacial score (nSPS) is 19.0. The predicted octanol–water partition coefficient (Wildman–Crippen LogP) is 2.04. The number of rotatable bonds is 5. The molecular formula is C19H23N5O4. The number of benzene rings is 1. The number of aromatic nitrogens is 2. The highest BCUT2D eigenvalue weighted by molar-refractivity contribution is 5.97. The van der Waals surface area contributed by atoms with Crippen LogP contribution in [0.3, 0.4) is 0 Å². The molecule has 1 aromatic heterocycles. The summed E-state index contributed by atoms with van der Waals surface area (Å²) >= 11 is 0. The fourth-order valence-electron chi connectivity index (χ4n) is 3.36. The van der Waals surface area contributed by atoms with E-state index in [-0.39, 0.29) is 17.5 Å². The Morgan fingerprint density at radius 1 is 1.21 bits per heavy atom. The molecule has 5 N–H and O–H groups in total. The zero-order valence-electron chi connectivity index (χ0n) is 15.5. The lowest BCUT2D eigenvalue weighted by molar-refractivity contribution is -0.142. The molecule has 1 heterocycles. The first-order valence-electron chi connectivity index (χ1n) is 9.09. The van der Waals surface area contributed by atoms with Gasteiger partial charge in [-0.05, 0) is 56.4 Å². The maximum atomic E-state index is 12.5. The Labute approximate surface area is 161 Å². The van der Waals surface area contributed by atoms with Crippen molar-refractivity contribution in [1.82, 2.24) is 15.1 Å². The molecule has 9 nitrogen and oxygen atoms in total. The Kier molecular flexibility index (Phi) is 5.62. The van der Waals surface area contributed by atoms with Crippen LogP contribution in [-0.4, -0.2) is 38.8 Å². The quantitative estimate of drug-likeness (QED) is 0.624. The van der Waals surface area contributed by atoms with Gasteiger partial charge in [-0.15, -0.1) is 0 Å². The topological polar surface area (TPSA) is 139 Å². The molecule has 1 aliphatic rings. The number of carboxylic acid groups (broad SMARTS) is 1. The first-order chi connectivity index (χ1) is 13.3. The van der Waals surface area contributed by atoms with Crippen molar-refractivity contribution in [2.45, 2.75) is 38.6 Å². The van der Waals surface area contributed by atoms with E-state index in [2.05, 4.69) is 15.7 Å². The van der Waals surface area contributed by atoms with Gasteiger partial charge in [-0.3, -0.25) is 9.59 Å². The van der Waals surface area contributed by atoms with Gasteiger partial charge in [0.15, 0.2) is 0 Å². The Morgan fingerprint density at radius 3 is 2.50 bits per heavy atom. The van der Waals surface area contributed by atoms with Gasteiger partial charge in [0, 0.05) is 17.8 Å². The molecule has 9 heteroatoms. The van der Waals surface area contributed by atoms with E-state index in [9.17, 15) is 14.4 Å². The Morgan fingerprint density at radius 2 is 1.93 bits per heavy atom. The third-order valence-electron chi connectivity index (χ3n) is 4.90. The lowest BCUT2D eigenvalue weighted by Gasteiger charge is -2.27. The summed E-state index contributed by atoms with van der Waals surface area (Å²) in [5.41, 5.74) is 7.57. The molecule has 0 atom stereocenters. The second kappa shape index (κ2) is 8.12. The summed E-state index contributed by atoms with van der Waals surface area (Å²) in [7, 11) is 0. The van der Waals surface area contributed by atoms with Crippen LogP contribution in [-0.2, 0) is 4.79 Å². The van der Waals surface area contributed by atoms with Crippen molar-refractivity contribution in [3.63, 3.8) is 0 Å². The van der Waals surface area contributed by atoms with E-state index < -0.39 is 17.9 Å². The molecule has 0 aliphatic heterocycles. The molecule has 0 radical (unpaired) electrons. The molecule has 3 rings (SSSR count). The van der Waals surface area contributed by atoms with Crippen molar-refractivity contribution < 1.29 is 19.5 Å². The summed E-state index contributed by atoms with van der Waals surface area (Å²) in [5.74, 6) is -1.73. The zero-order valence-corrected chi connectivity index (χ0v) is 15.5. The number of urea groups is 1. The largest absolute Gasteiger partial charge is 0.481 e. The number of carbonyl (C=O) groups is 3. The molecule has 1 aromatic carbocycles. The van der Waals surface area contributed by atoms with Crippen molar-refractivity contribution in [1.29, 1.82) is 0 Å². The Bertz CT molecular complexity index is 899. The highest BCUT2D eigenvalue weighted by Crippen LogP contribution is 2.25. The van der Waals surface area contributed by atoms with Crippen LogP contribution < -0.4 is 16.4 Å². The number of hydrogen-bond acceptors (Lipinski definition) is 4. The second-order valence-corrected chi connectivity index (χ2v) is 7.04. The number of nitrogens with two attached hydrogens (primary N) is 1. The van der Waals surface area contributed by atoms with E-state index in [4.69, 9.17) is 10.8 Å². The maximum absolute atomic E-state index is 12.5. The molecule has 3 amide bonds. The van der Waals surface area contributed by atoms with E-state index in [1.54, 1.807) is 29.2 Å². The van der Waals surface area contributed by atoms with Crippen molar-refractivity contribution in [3.8, 4) is 5.69 Å². The monoisotopic (exact) mass is 385 g/mol. The molecule has 0 spiro atoms. The molecule has 148 valence electrons. The fourth-order valence-corrected chi connectivity index (χ4v) is 3.36. The number of amides is 3. The minimum Gasteiger partial charge on any atom is -0.481 e. The molecule has 0 bridgehead atoms. The van der Waals surface area contributed by atoms with Gasteiger partial charge < -0.3 is 21.5 Å². The number of anilines is 1. The minimum absolute atomic E-state index is 0.0923. The fraction of sp³-hybridized carbons (Fsp3) is 0.368. The molecule has 1 fully saturated rings. The summed E-state index contributed by atoms with van der Waals surface area (Å²) in [6.45, 7) is 1.90. The molecule has 2 aromatic rings. The molecule has 0 saturated heterocycles. The van der Waals surface area contributed by atoms with Gasteiger partial charge in [0.05, 0.1) is 23.5 Å². The van der Waals surface area contributed by atoms with Crippen LogP contribution in [0.15, 0.2) is 30.6 Å². The van der Waals surface area contributed by atoms with Gasteiger partial charge in [0.25, 0.3) is 0 Å². The van der Waals surface area contributed by atoms with Crippen LogP contribution in [0.1, 0.15) is 41.6 Å². The standard InChI is InChI=1S/C19H23N5O4/c1-11-9-21-24(10-11)16-7-4-13(17(20)25)8-15(16)23-19(28)22-14-5-2-12(3-6-14)18(26)27/h4,7-10,12,14H,2-3,5-6H2,1H3,(H2,20,25)(H,26,27)(H2,22,23,28). The van der Waals surface area contributed by atoms with Crippen molar-refractivity contribution in [2.75, 3.05) is 5.32 Å². The first-order valence-corrected chi connectivity index (χ1v) is 9.09. The Balaban J connectivity index is 1.73. The molecule has 1 aliphatic carbocycles. The third kappa shape index (κ3) is 4.48. The van der Waals surface area contributed by atoms with Gasteiger partial charge in [-0.2, -0.15) is 5.10 Å². The predicted molar refractivity (Wildman–Crippen MR) is 102 cm³/mol. The highest BCUT2D eigenvalue weighted by atomic mass is 16.4. The van der Waals surface area contributed by atoms with Gasteiger partial charge in [0.2, 0.25) is 5.91 Å². The van der Waals surface area contributed by atoms with E-state index in [1.165, 1.54) is 6.07 Å². The van der Waals surface area contributed by atoms with Crippen LogP contribution in [0, 0.1) is 12.8 Å². The van der Waals surface area contributed by atoms with Crippen molar-refractivity contribution in [3.05, 3.63) is 41.7 Å². The van der Waals surface area contributed by atoms with Crippen molar-refractivity contribution >= 4 is 23.6 Å². The first kappa shape index (κ1) is 19.4. The molecule has 1 saturated carbocycles. The lowest BCUT2D eigenvalue weighted by Crippen LogP contribution is -2.41. The van der Waals surface area contributed by atoms with E-state index in [0.29, 0.717) is 37.1 Å². The minimum atomic E-state index is -0.787. The van der Waals surface area contributed by atoms with Gasteiger partial charge in [0.1, 0.15) is 0 Å². The average molecular weight is 385 g/mol. The summed E-state index contributed by atoms with van der Waals surface area (Å²) in [6.07, 6.45) is 5.78. The SMILES string of the molecule is Cc1cnn(-c2ccc(C(N)=O)cc2NC(=O)NC2CCC(C(=O)O)CC2)c1. The summed E-state index contributed by atoms with van der Waals surface area (Å²) in [4.78, 5) is 35.0.